The quantitative estimate of drug-likeness (QED) is 0.294. The number of rotatable bonds is 8. The summed E-state index contributed by atoms with van der Waals surface area (Å²) in [4.78, 5) is 11.3. The maximum absolute atomic E-state index is 5.24. The van der Waals surface area contributed by atoms with Crippen molar-refractivity contribution in [2.24, 2.45) is 4.99 Å². The van der Waals surface area contributed by atoms with Crippen LogP contribution < -0.4 is 20.3 Å². The number of guanidine groups is 1. The molecule has 1 atom stereocenters. The van der Waals surface area contributed by atoms with E-state index >= 15 is 0 Å². The van der Waals surface area contributed by atoms with Crippen LogP contribution in [0.2, 0.25) is 0 Å². The van der Waals surface area contributed by atoms with Crippen molar-refractivity contribution in [2.75, 3.05) is 38.7 Å². The monoisotopic (exact) mass is 537 g/mol. The molecule has 1 aromatic carbocycles. The lowest BCUT2D eigenvalue weighted by atomic mass is 9.98. The summed E-state index contributed by atoms with van der Waals surface area (Å²) in [6.45, 7) is 6.07. The summed E-state index contributed by atoms with van der Waals surface area (Å²) in [6, 6.07) is 12.6. The molecule has 3 rings (SSSR count). The van der Waals surface area contributed by atoms with E-state index in [4.69, 9.17) is 4.74 Å². The molecule has 31 heavy (non-hydrogen) atoms. The minimum absolute atomic E-state index is 0. The largest absolute Gasteiger partial charge is 0.497 e. The molecule has 0 radical (unpaired) electrons. The zero-order chi connectivity index (χ0) is 21.2. The van der Waals surface area contributed by atoms with Crippen molar-refractivity contribution in [3.63, 3.8) is 0 Å². The number of aromatic nitrogens is 1. The summed E-state index contributed by atoms with van der Waals surface area (Å²) in [6.07, 6.45) is 6.79. The first kappa shape index (κ1) is 25.2. The number of methoxy groups -OCH3 is 1. The van der Waals surface area contributed by atoms with Crippen LogP contribution in [0.3, 0.4) is 0 Å². The molecule has 7 heteroatoms. The van der Waals surface area contributed by atoms with E-state index in [1.807, 2.05) is 25.4 Å². The van der Waals surface area contributed by atoms with Crippen LogP contribution in [-0.4, -0.2) is 44.7 Å². The van der Waals surface area contributed by atoms with Crippen molar-refractivity contribution in [2.45, 2.75) is 45.1 Å². The highest BCUT2D eigenvalue weighted by Crippen LogP contribution is 2.21. The van der Waals surface area contributed by atoms with Gasteiger partial charge < -0.3 is 20.3 Å². The number of benzene rings is 1. The number of piperidine rings is 1. The van der Waals surface area contributed by atoms with Crippen molar-refractivity contribution in [3.8, 4) is 5.75 Å². The normalized spacial score (nSPS) is 15.1. The van der Waals surface area contributed by atoms with Gasteiger partial charge in [-0.2, -0.15) is 0 Å². The predicted molar refractivity (Wildman–Crippen MR) is 140 cm³/mol. The van der Waals surface area contributed by atoms with Gasteiger partial charge in [-0.05, 0) is 67.0 Å². The summed E-state index contributed by atoms with van der Waals surface area (Å²) in [5.41, 5.74) is 2.54. The minimum atomic E-state index is 0. The van der Waals surface area contributed by atoms with Crippen LogP contribution in [0.4, 0.5) is 5.82 Å². The molecule has 1 aliphatic heterocycles. The number of hydrogen-bond donors (Lipinski definition) is 2. The number of pyridine rings is 1. The first-order valence-electron chi connectivity index (χ1n) is 11.0. The summed E-state index contributed by atoms with van der Waals surface area (Å²) < 4.78 is 5.24. The number of anilines is 1. The highest BCUT2D eigenvalue weighted by Gasteiger charge is 2.12. The predicted octanol–water partition coefficient (Wildman–Crippen LogP) is 4.56. The Morgan fingerprint density at radius 1 is 1.13 bits per heavy atom. The third kappa shape index (κ3) is 7.87. The summed E-state index contributed by atoms with van der Waals surface area (Å²) in [7, 11) is 3.51. The Hall–Kier alpha value is -2.03. The van der Waals surface area contributed by atoms with Gasteiger partial charge in [0.2, 0.25) is 0 Å². The van der Waals surface area contributed by atoms with Gasteiger partial charge in [0.25, 0.3) is 0 Å². The molecular weight excluding hydrogens is 501 g/mol. The lowest BCUT2D eigenvalue weighted by Gasteiger charge is -2.28. The first-order chi connectivity index (χ1) is 14.7. The molecule has 1 fully saturated rings. The molecule has 6 nitrogen and oxygen atoms in total. The fraction of sp³-hybridized carbons (Fsp3) is 0.500. The van der Waals surface area contributed by atoms with Gasteiger partial charge in [0.05, 0.1) is 7.11 Å². The van der Waals surface area contributed by atoms with Crippen LogP contribution in [0.15, 0.2) is 47.6 Å². The molecule has 2 N–H and O–H groups in total. The lowest BCUT2D eigenvalue weighted by Crippen LogP contribution is -2.37. The Labute approximate surface area is 203 Å². The number of nitrogens with zero attached hydrogens (tertiary/aromatic N) is 3. The average Bonchev–Trinajstić information content (AvgIpc) is 2.82. The van der Waals surface area contributed by atoms with Crippen LogP contribution >= 0.6 is 24.0 Å². The van der Waals surface area contributed by atoms with Gasteiger partial charge in [-0.25, -0.2) is 4.98 Å². The van der Waals surface area contributed by atoms with Crippen molar-refractivity contribution in [3.05, 3.63) is 53.7 Å². The number of ether oxygens (including phenoxy) is 1. The van der Waals surface area contributed by atoms with Crippen LogP contribution in [0.1, 0.15) is 49.7 Å². The molecule has 1 unspecified atom stereocenters. The zero-order valence-electron chi connectivity index (χ0n) is 18.9. The Bertz CT molecular complexity index is 806. The summed E-state index contributed by atoms with van der Waals surface area (Å²) in [5.74, 6) is 3.28. The van der Waals surface area contributed by atoms with Crippen molar-refractivity contribution in [1.29, 1.82) is 0 Å². The van der Waals surface area contributed by atoms with Gasteiger partial charge in [-0.1, -0.05) is 19.1 Å². The van der Waals surface area contributed by atoms with E-state index in [2.05, 4.69) is 56.7 Å². The second-order valence-corrected chi connectivity index (χ2v) is 7.89. The molecule has 0 saturated carbocycles. The Morgan fingerprint density at radius 3 is 2.55 bits per heavy atom. The average molecular weight is 537 g/mol. The highest BCUT2D eigenvalue weighted by atomic mass is 127. The highest BCUT2D eigenvalue weighted by molar-refractivity contribution is 14.0. The molecule has 170 valence electrons. The van der Waals surface area contributed by atoms with E-state index in [1.165, 1.54) is 30.4 Å². The fourth-order valence-electron chi connectivity index (χ4n) is 3.78. The van der Waals surface area contributed by atoms with Crippen LogP contribution in [0.25, 0.3) is 0 Å². The third-order valence-corrected chi connectivity index (χ3v) is 5.73. The lowest BCUT2D eigenvalue weighted by molar-refractivity contribution is 0.414. The second kappa shape index (κ2) is 13.4. The van der Waals surface area contributed by atoms with Gasteiger partial charge in [-0.15, -0.1) is 24.0 Å². The molecule has 1 saturated heterocycles. The van der Waals surface area contributed by atoms with E-state index in [0.29, 0.717) is 5.92 Å². The van der Waals surface area contributed by atoms with Gasteiger partial charge in [0.1, 0.15) is 11.6 Å². The standard InChI is InChI=1S/C24H35N5O.HI/c1-19(21-7-9-22(30-3)10-8-21)11-13-27-24(25-2)28-18-20-12-14-26-23(17-20)29-15-5-4-6-16-29;/h7-10,12,14,17,19H,4-6,11,13,15-16,18H2,1-3H3,(H2,25,27,28);1H. The van der Waals surface area contributed by atoms with Crippen molar-refractivity contribution >= 4 is 35.8 Å². The zero-order valence-corrected chi connectivity index (χ0v) is 21.3. The molecule has 0 bridgehead atoms. The maximum atomic E-state index is 5.24. The Kier molecular flexibility index (Phi) is 10.9. The third-order valence-electron chi connectivity index (χ3n) is 5.73. The SMILES string of the molecule is CN=C(NCCC(C)c1ccc(OC)cc1)NCc1ccnc(N2CCCCC2)c1.I. The Balaban J connectivity index is 0.00000341. The van der Waals surface area contributed by atoms with E-state index < -0.39 is 0 Å². The number of hydrogen-bond acceptors (Lipinski definition) is 4. The molecule has 0 amide bonds. The minimum Gasteiger partial charge on any atom is -0.497 e. The summed E-state index contributed by atoms with van der Waals surface area (Å²) >= 11 is 0. The molecule has 1 aromatic heterocycles. The van der Waals surface area contributed by atoms with Crippen LogP contribution in [0, 0.1) is 0 Å². The topological polar surface area (TPSA) is 61.8 Å². The number of nitrogens with one attached hydrogen (secondary N) is 2. The van der Waals surface area contributed by atoms with Crippen molar-refractivity contribution < 1.29 is 4.74 Å². The molecule has 1 aliphatic rings. The fourth-order valence-corrected chi connectivity index (χ4v) is 3.78. The van der Waals surface area contributed by atoms with Gasteiger partial charge in [-0.3, -0.25) is 4.99 Å². The van der Waals surface area contributed by atoms with Crippen molar-refractivity contribution in [1.82, 2.24) is 15.6 Å². The van der Waals surface area contributed by atoms with E-state index in [-0.39, 0.29) is 24.0 Å². The van der Waals surface area contributed by atoms with E-state index in [9.17, 15) is 0 Å². The van der Waals surface area contributed by atoms with Crippen LogP contribution in [0.5, 0.6) is 5.75 Å². The molecular formula is C24H36IN5O. The number of aliphatic imine (C=N–C) groups is 1. The molecule has 0 spiro atoms. The molecule has 0 aliphatic carbocycles. The summed E-state index contributed by atoms with van der Waals surface area (Å²) in [5, 5.41) is 6.85. The molecule has 2 aromatic rings. The number of halogens is 1. The van der Waals surface area contributed by atoms with Crippen LogP contribution in [-0.2, 0) is 6.54 Å². The van der Waals surface area contributed by atoms with E-state index in [1.54, 1.807) is 7.11 Å². The smallest absolute Gasteiger partial charge is 0.191 e. The molecule has 2 heterocycles. The van der Waals surface area contributed by atoms with E-state index in [0.717, 1.165) is 50.1 Å². The van der Waals surface area contributed by atoms with Gasteiger partial charge in [0, 0.05) is 39.4 Å². The second-order valence-electron chi connectivity index (χ2n) is 7.89. The van der Waals surface area contributed by atoms with Gasteiger partial charge >= 0.3 is 0 Å². The first-order valence-corrected chi connectivity index (χ1v) is 11.0. The maximum Gasteiger partial charge on any atom is 0.191 e. The Morgan fingerprint density at radius 2 is 1.87 bits per heavy atom. The van der Waals surface area contributed by atoms with Gasteiger partial charge in [0.15, 0.2) is 5.96 Å².